The third-order valence-electron chi connectivity index (χ3n) is 3.43. The maximum absolute atomic E-state index is 12.3. The van der Waals surface area contributed by atoms with Crippen LogP contribution in [0.2, 0.25) is 0 Å². The number of amides is 1. The molecule has 1 fully saturated rings. The molecule has 1 aliphatic rings. The first-order chi connectivity index (χ1) is 10.1. The van der Waals surface area contributed by atoms with E-state index in [1.165, 1.54) is 0 Å². The summed E-state index contributed by atoms with van der Waals surface area (Å²) in [5.41, 5.74) is 1.83. The van der Waals surface area contributed by atoms with Crippen molar-refractivity contribution in [1.82, 2.24) is 19.7 Å². The number of carbonyl (C=O) groups excluding carboxylic acids is 1. The number of rotatable bonds is 3. The van der Waals surface area contributed by atoms with Gasteiger partial charge in [-0.3, -0.25) is 9.48 Å². The Kier molecular flexibility index (Phi) is 3.55. The smallest absolute Gasteiger partial charge is 0.274 e. The van der Waals surface area contributed by atoms with Gasteiger partial charge in [0.2, 0.25) is 5.95 Å². The molecule has 1 amide bonds. The van der Waals surface area contributed by atoms with E-state index in [0.717, 1.165) is 31.6 Å². The van der Waals surface area contributed by atoms with Crippen LogP contribution in [0.5, 0.6) is 0 Å². The van der Waals surface area contributed by atoms with Crippen LogP contribution in [-0.4, -0.2) is 38.7 Å². The van der Waals surface area contributed by atoms with Gasteiger partial charge in [-0.2, -0.15) is 5.10 Å². The van der Waals surface area contributed by atoms with Crippen molar-refractivity contribution < 1.29 is 4.79 Å². The molecule has 0 atom stereocenters. The zero-order chi connectivity index (χ0) is 14.8. The lowest BCUT2D eigenvalue weighted by Crippen LogP contribution is -2.23. The van der Waals surface area contributed by atoms with E-state index in [0.29, 0.717) is 17.3 Å². The van der Waals surface area contributed by atoms with Gasteiger partial charge in [-0.05, 0) is 25.8 Å². The van der Waals surface area contributed by atoms with Crippen molar-refractivity contribution in [3.8, 4) is 0 Å². The van der Waals surface area contributed by atoms with Crippen LogP contribution in [0.3, 0.4) is 0 Å². The van der Waals surface area contributed by atoms with E-state index in [-0.39, 0.29) is 5.91 Å². The molecule has 0 unspecified atom stereocenters. The van der Waals surface area contributed by atoms with Crippen LogP contribution in [0.15, 0.2) is 18.5 Å². The van der Waals surface area contributed by atoms with E-state index in [1.807, 2.05) is 6.92 Å². The zero-order valence-corrected chi connectivity index (χ0v) is 12.2. The Hall–Kier alpha value is -2.44. The summed E-state index contributed by atoms with van der Waals surface area (Å²) in [6.45, 7) is 3.78. The molecule has 7 heteroatoms. The highest BCUT2D eigenvalue weighted by Crippen LogP contribution is 2.17. The molecule has 3 heterocycles. The van der Waals surface area contributed by atoms with Crippen molar-refractivity contribution in [2.24, 2.45) is 7.05 Å². The fourth-order valence-corrected chi connectivity index (χ4v) is 2.41. The Morgan fingerprint density at radius 1 is 1.29 bits per heavy atom. The standard InChI is InChI=1S/C14H18N6O/c1-10-7-12(13(21)17-11-8-15-19(2)9-11)18-14(16-10)20-5-3-4-6-20/h7-9H,3-6H2,1-2H3,(H,17,21). The monoisotopic (exact) mass is 286 g/mol. The van der Waals surface area contributed by atoms with Crippen molar-refractivity contribution in [3.05, 3.63) is 29.8 Å². The maximum Gasteiger partial charge on any atom is 0.274 e. The molecular weight excluding hydrogens is 268 g/mol. The number of hydrogen-bond donors (Lipinski definition) is 1. The van der Waals surface area contributed by atoms with Crippen LogP contribution in [0.25, 0.3) is 0 Å². The summed E-state index contributed by atoms with van der Waals surface area (Å²) in [4.78, 5) is 23.2. The van der Waals surface area contributed by atoms with E-state index >= 15 is 0 Å². The Morgan fingerprint density at radius 3 is 2.71 bits per heavy atom. The molecule has 0 radical (unpaired) electrons. The topological polar surface area (TPSA) is 75.9 Å². The van der Waals surface area contributed by atoms with Gasteiger partial charge < -0.3 is 10.2 Å². The fraction of sp³-hybridized carbons (Fsp3) is 0.429. The minimum absolute atomic E-state index is 0.242. The highest BCUT2D eigenvalue weighted by Gasteiger charge is 2.18. The molecule has 0 bridgehead atoms. The third-order valence-corrected chi connectivity index (χ3v) is 3.43. The number of nitrogens with one attached hydrogen (secondary N) is 1. The molecule has 0 saturated carbocycles. The number of aryl methyl sites for hydroxylation is 2. The number of anilines is 2. The lowest BCUT2D eigenvalue weighted by molar-refractivity contribution is 0.102. The van der Waals surface area contributed by atoms with Gasteiger partial charge in [-0.1, -0.05) is 0 Å². The van der Waals surface area contributed by atoms with Gasteiger partial charge in [0.25, 0.3) is 5.91 Å². The van der Waals surface area contributed by atoms with Crippen molar-refractivity contribution >= 4 is 17.5 Å². The largest absolute Gasteiger partial charge is 0.341 e. The predicted molar refractivity (Wildman–Crippen MR) is 79.4 cm³/mol. The Bertz CT molecular complexity index is 659. The van der Waals surface area contributed by atoms with Gasteiger partial charge in [0.1, 0.15) is 5.69 Å². The van der Waals surface area contributed by atoms with E-state index in [1.54, 1.807) is 30.2 Å². The average Bonchev–Trinajstić information content (AvgIpc) is 3.10. The molecule has 7 nitrogen and oxygen atoms in total. The summed E-state index contributed by atoms with van der Waals surface area (Å²) in [5.74, 6) is 0.401. The number of aromatic nitrogens is 4. The van der Waals surface area contributed by atoms with Gasteiger partial charge in [-0.15, -0.1) is 0 Å². The molecule has 110 valence electrons. The first-order valence-corrected chi connectivity index (χ1v) is 7.02. The molecule has 3 rings (SSSR count). The molecule has 2 aromatic rings. The summed E-state index contributed by atoms with van der Waals surface area (Å²) in [6.07, 6.45) is 5.64. The Labute approximate surface area is 123 Å². The van der Waals surface area contributed by atoms with Crippen molar-refractivity contribution in [2.45, 2.75) is 19.8 Å². The van der Waals surface area contributed by atoms with Gasteiger partial charge in [0.15, 0.2) is 0 Å². The van der Waals surface area contributed by atoms with Crippen molar-refractivity contribution in [2.75, 3.05) is 23.3 Å². The van der Waals surface area contributed by atoms with Gasteiger partial charge in [0.05, 0.1) is 11.9 Å². The first-order valence-electron chi connectivity index (χ1n) is 7.02. The van der Waals surface area contributed by atoms with E-state index in [4.69, 9.17) is 0 Å². The quantitative estimate of drug-likeness (QED) is 0.922. The summed E-state index contributed by atoms with van der Waals surface area (Å²) in [7, 11) is 1.80. The molecular formula is C14H18N6O. The van der Waals surface area contributed by atoms with Crippen molar-refractivity contribution in [1.29, 1.82) is 0 Å². The second-order valence-corrected chi connectivity index (χ2v) is 5.25. The van der Waals surface area contributed by atoms with Gasteiger partial charge >= 0.3 is 0 Å². The summed E-state index contributed by atoms with van der Waals surface area (Å²) in [5, 5.41) is 6.82. The molecule has 2 aromatic heterocycles. The SMILES string of the molecule is Cc1cc(C(=O)Nc2cnn(C)c2)nc(N2CCCC2)n1. The summed E-state index contributed by atoms with van der Waals surface area (Å²) >= 11 is 0. The number of carbonyl (C=O) groups is 1. The summed E-state index contributed by atoms with van der Waals surface area (Å²) in [6, 6.07) is 1.70. The van der Waals surface area contributed by atoms with Crippen LogP contribution >= 0.6 is 0 Å². The molecule has 0 aliphatic carbocycles. The van der Waals surface area contributed by atoms with Crippen LogP contribution in [0.4, 0.5) is 11.6 Å². The van der Waals surface area contributed by atoms with Crippen LogP contribution in [0, 0.1) is 6.92 Å². The normalized spacial score (nSPS) is 14.5. The lowest BCUT2D eigenvalue weighted by atomic mass is 10.3. The maximum atomic E-state index is 12.3. The molecule has 1 saturated heterocycles. The van der Waals surface area contributed by atoms with E-state index in [2.05, 4.69) is 25.3 Å². The first kappa shape index (κ1) is 13.5. The average molecular weight is 286 g/mol. The van der Waals surface area contributed by atoms with Gasteiger partial charge in [-0.25, -0.2) is 9.97 Å². The molecule has 21 heavy (non-hydrogen) atoms. The predicted octanol–water partition coefficient (Wildman–Crippen LogP) is 1.37. The second-order valence-electron chi connectivity index (χ2n) is 5.25. The minimum Gasteiger partial charge on any atom is -0.341 e. The lowest BCUT2D eigenvalue weighted by Gasteiger charge is -2.16. The molecule has 1 aliphatic heterocycles. The third kappa shape index (κ3) is 3.01. The molecule has 1 N–H and O–H groups in total. The highest BCUT2D eigenvalue weighted by molar-refractivity contribution is 6.02. The summed E-state index contributed by atoms with van der Waals surface area (Å²) < 4.78 is 1.64. The van der Waals surface area contributed by atoms with Crippen LogP contribution in [0.1, 0.15) is 29.0 Å². The van der Waals surface area contributed by atoms with Gasteiger partial charge in [0, 0.05) is 32.0 Å². The second kappa shape index (κ2) is 5.51. The molecule has 0 spiro atoms. The van der Waals surface area contributed by atoms with Crippen LogP contribution < -0.4 is 10.2 Å². The van der Waals surface area contributed by atoms with E-state index in [9.17, 15) is 4.79 Å². The Balaban J connectivity index is 1.82. The molecule has 0 aromatic carbocycles. The fourth-order valence-electron chi connectivity index (χ4n) is 2.41. The van der Waals surface area contributed by atoms with E-state index < -0.39 is 0 Å². The number of nitrogens with zero attached hydrogens (tertiary/aromatic N) is 5. The van der Waals surface area contributed by atoms with Crippen LogP contribution in [-0.2, 0) is 7.05 Å². The zero-order valence-electron chi connectivity index (χ0n) is 12.2. The highest BCUT2D eigenvalue weighted by atomic mass is 16.1. The minimum atomic E-state index is -0.242. The number of hydrogen-bond acceptors (Lipinski definition) is 5. The Morgan fingerprint density at radius 2 is 2.05 bits per heavy atom. The van der Waals surface area contributed by atoms with Crippen molar-refractivity contribution in [3.63, 3.8) is 0 Å².